The maximum absolute atomic E-state index is 10.8. The topological polar surface area (TPSA) is 69.9 Å². The van der Waals surface area contributed by atoms with E-state index in [1.54, 1.807) is 12.1 Å². The Kier molecular flexibility index (Phi) is 7.73. The van der Waals surface area contributed by atoms with Gasteiger partial charge in [-0.15, -0.1) is 0 Å². The first-order valence-corrected chi connectivity index (χ1v) is 17.3. The zero-order valence-electron chi connectivity index (χ0n) is 27.8. The number of aromatic hydroxyl groups is 2. The van der Waals surface area contributed by atoms with Crippen molar-refractivity contribution in [3.8, 4) is 11.5 Å². The minimum Gasteiger partial charge on any atom is -0.504 e. The number of allylic oxidation sites excluding steroid dienone is 1. The molecule has 10 atom stereocenters. The fourth-order valence-corrected chi connectivity index (χ4v) is 12.8. The highest BCUT2D eigenvalue weighted by Crippen LogP contribution is 2.77. The molecule has 5 aliphatic carbocycles. The highest BCUT2D eigenvalue weighted by Gasteiger charge is 2.70. The van der Waals surface area contributed by atoms with Crippen molar-refractivity contribution in [2.24, 2.45) is 56.7 Å². The first kappa shape index (κ1) is 31.2. The van der Waals surface area contributed by atoms with Gasteiger partial charge in [-0.25, -0.2) is 0 Å². The smallest absolute Gasteiger partial charge is 0.157 e. The van der Waals surface area contributed by atoms with E-state index in [1.807, 2.05) is 12.2 Å². The maximum atomic E-state index is 10.8. The molecule has 43 heavy (non-hydrogen) atoms. The van der Waals surface area contributed by atoms with Gasteiger partial charge in [0.15, 0.2) is 11.5 Å². The average Bonchev–Trinajstić information content (AvgIpc) is 3.35. The maximum Gasteiger partial charge on any atom is 0.157 e. The summed E-state index contributed by atoms with van der Waals surface area (Å²) < 4.78 is 6.61. The van der Waals surface area contributed by atoms with E-state index in [9.17, 15) is 15.3 Å². The van der Waals surface area contributed by atoms with Crippen molar-refractivity contribution in [2.75, 3.05) is 13.2 Å². The molecule has 0 aliphatic heterocycles. The number of benzene rings is 1. The number of phenols is 2. The Bertz CT molecular complexity index is 1270. The number of hydrogen-bond donors (Lipinski definition) is 3. The molecule has 238 valence electrons. The first-order chi connectivity index (χ1) is 20.2. The summed E-state index contributed by atoms with van der Waals surface area (Å²) in [6.45, 7) is 20.6. The fourth-order valence-electron chi connectivity index (χ4n) is 12.8. The van der Waals surface area contributed by atoms with Crippen LogP contribution in [0, 0.1) is 56.7 Å². The molecule has 6 rings (SSSR count). The lowest BCUT2D eigenvalue weighted by Crippen LogP contribution is -2.67. The largest absolute Gasteiger partial charge is 0.504 e. The molecular weight excluding hydrogens is 532 g/mol. The average molecular weight is 591 g/mol. The molecule has 5 aliphatic rings. The van der Waals surface area contributed by atoms with Crippen molar-refractivity contribution in [2.45, 2.75) is 112 Å². The summed E-state index contributed by atoms with van der Waals surface area (Å²) in [7, 11) is 0. The van der Waals surface area contributed by atoms with Crippen molar-refractivity contribution < 1.29 is 20.1 Å². The summed E-state index contributed by atoms with van der Waals surface area (Å²) in [4.78, 5) is 0. The van der Waals surface area contributed by atoms with Gasteiger partial charge in [-0.1, -0.05) is 65.0 Å². The van der Waals surface area contributed by atoms with Gasteiger partial charge < -0.3 is 20.1 Å². The van der Waals surface area contributed by atoms with Crippen molar-refractivity contribution in [3.63, 3.8) is 0 Å². The van der Waals surface area contributed by atoms with E-state index in [0.717, 1.165) is 17.9 Å². The summed E-state index contributed by atoms with van der Waals surface area (Å²) in [6, 6.07) is 4.91. The van der Waals surface area contributed by atoms with E-state index in [-0.39, 0.29) is 28.4 Å². The van der Waals surface area contributed by atoms with Crippen LogP contribution >= 0.6 is 0 Å². The van der Waals surface area contributed by atoms with Gasteiger partial charge in [-0.3, -0.25) is 0 Å². The van der Waals surface area contributed by atoms with Crippen LogP contribution in [-0.4, -0.2) is 34.6 Å². The molecule has 1 aromatic carbocycles. The molecule has 3 N–H and O–H groups in total. The van der Waals surface area contributed by atoms with E-state index >= 15 is 0 Å². The number of ether oxygens (including phenoxy) is 1. The second-order valence-corrected chi connectivity index (χ2v) is 17.0. The van der Waals surface area contributed by atoms with E-state index in [2.05, 4.69) is 48.1 Å². The fraction of sp³-hybridized carbons (Fsp3) is 0.744. The lowest BCUT2D eigenvalue weighted by Gasteiger charge is -2.73. The van der Waals surface area contributed by atoms with E-state index in [4.69, 9.17) is 4.74 Å². The Morgan fingerprint density at radius 2 is 1.65 bits per heavy atom. The molecule has 0 radical (unpaired) electrons. The number of aliphatic hydroxyl groups excluding tert-OH is 1. The van der Waals surface area contributed by atoms with Crippen molar-refractivity contribution >= 4 is 6.08 Å². The van der Waals surface area contributed by atoms with Gasteiger partial charge in [-0.05, 0) is 145 Å². The molecule has 0 heterocycles. The minimum atomic E-state index is -0.0946. The zero-order chi connectivity index (χ0) is 31.0. The SMILES string of the molecule is C=C(C)[C@@H]1CC[C@]2(CO)CC[C@]3(C)[C@H](CC[C@@H]4[C@@]5(C)CC[C@H](OCC=Cc6ccc(O)c(O)c6)C(C)(C)[C@@H]5CC[C@]43C)[C@@H]12. The van der Waals surface area contributed by atoms with Gasteiger partial charge in [0.05, 0.1) is 12.7 Å². The standard InChI is InChI=1S/C39H58O4/c1-25(2)27-14-19-39(24-40)21-20-37(6)28(34(27)39)11-13-32-36(5)17-16-33(35(3,4)31(36)15-18-38(32,37)7)43-22-8-9-26-10-12-29(41)30(42)23-26/h8-10,12,23,27-28,31-34,40-42H,1,11,13-22,24H2,2-7H3/t27-,28+,31-,32+,33-,34+,36-,37+,38+,39+/m0/s1. The van der Waals surface area contributed by atoms with Gasteiger partial charge in [0.25, 0.3) is 0 Å². The summed E-state index contributed by atoms with van der Waals surface area (Å²) in [5.74, 6) is 3.04. The monoisotopic (exact) mass is 590 g/mol. The molecule has 0 saturated heterocycles. The molecule has 0 bridgehead atoms. The quantitative estimate of drug-likeness (QED) is 0.228. The second-order valence-electron chi connectivity index (χ2n) is 17.0. The Hall–Kier alpha value is -1.78. The third kappa shape index (κ3) is 4.50. The van der Waals surface area contributed by atoms with Crippen LogP contribution in [0.3, 0.4) is 0 Å². The normalized spacial score (nSPS) is 45.2. The Morgan fingerprint density at radius 3 is 2.35 bits per heavy atom. The number of hydrogen-bond acceptors (Lipinski definition) is 4. The zero-order valence-corrected chi connectivity index (χ0v) is 27.8. The highest BCUT2D eigenvalue weighted by atomic mass is 16.5. The third-order valence-corrected chi connectivity index (χ3v) is 15.2. The Labute approximate surface area is 261 Å². The molecular formula is C39H58O4. The Morgan fingerprint density at radius 1 is 0.884 bits per heavy atom. The van der Waals surface area contributed by atoms with Gasteiger partial charge in [0.1, 0.15) is 0 Å². The van der Waals surface area contributed by atoms with Crippen molar-refractivity contribution in [1.82, 2.24) is 0 Å². The van der Waals surface area contributed by atoms with E-state index in [1.165, 1.54) is 69.4 Å². The third-order valence-electron chi connectivity index (χ3n) is 15.2. The van der Waals surface area contributed by atoms with Crippen LogP contribution in [0.1, 0.15) is 111 Å². The van der Waals surface area contributed by atoms with E-state index < -0.39 is 0 Å². The second kappa shape index (κ2) is 10.6. The molecule has 1 aromatic rings. The number of aliphatic hydroxyl groups is 1. The molecule has 4 nitrogen and oxygen atoms in total. The van der Waals surface area contributed by atoms with Crippen LogP contribution in [0.4, 0.5) is 0 Å². The first-order valence-electron chi connectivity index (χ1n) is 17.3. The predicted octanol–water partition coefficient (Wildman–Crippen LogP) is 9.15. The van der Waals surface area contributed by atoms with Crippen LogP contribution in [0.15, 0.2) is 36.4 Å². The van der Waals surface area contributed by atoms with Crippen LogP contribution in [0.5, 0.6) is 11.5 Å². The molecule has 5 fully saturated rings. The minimum absolute atomic E-state index is 0.0946. The molecule has 0 unspecified atom stereocenters. The van der Waals surface area contributed by atoms with Crippen LogP contribution in [0.25, 0.3) is 6.08 Å². The number of phenolic OH excluding ortho intramolecular Hbond substituents is 2. The molecule has 0 amide bonds. The van der Waals surface area contributed by atoms with Gasteiger partial charge in [-0.2, -0.15) is 0 Å². The van der Waals surface area contributed by atoms with Crippen LogP contribution < -0.4 is 0 Å². The lowest BCUT2D eigenvalue weighted by molar-refractivity contribution is -0.252. The summed E-state index contributed by atoms with van der Waals surface area (Å²) >= 11 is 0. The number of rotatable bonds is 6. The van der Waals surface area contributed by atoms with Gasteiger partial charge in [0, 0.05) is 6.61 Å². The Balaban J connectivity index is 1.21. The summed E-state index contributed by atoms with van der Waals surface area (Å²) in [5, 5.41) is 30.2. The molecule has 0 aromatic heterocycles. The molecule has 5 saturated carbocycles. The van der Waals surface area contributed by atoms with Gasteiger partial charge >= 0.3 is 0 Å². The van der Waals surface area contributed by atoms with Crippen molar-refractivity contribution in [3.05, 3.63) is 42.0 Å². The summed E-state index contributed by atoms with van der Waals surface area (Å²) in [6.07, 6.45) is 16.7. The lowest BCUT2D eigenvalue weighted by atomic mass is 9.32. The highest BCUT2D eigenvalue weighted by molar-refractivity contribution is 5.55. The van der Waals surface area contributed by atoms with Gasteiger partial charge in [0.2, 0.25) is 0 Å². The van der Waals surface area contributed by atoms with Crippen LogP contribution in [-0.2, 0) is 4.74 Å². The van der Waals surface area contributed by atoms with E-state index in [0.29, 0.717) is 53.1 Å². The van der Waals surface area contributed by atoms with Crippen molar-refractivity contribution in [1.29, 1.82) is 0 Å². The molecule has 4 heteroatoms. The number of fused-ring (bicyclic) bond motifs is 7. The molecule has 0 spiro atoms. The summed E-state index contributed by atoms with van der Waals surface area (Å²) in [5.41, 5.74) is 3.39. The van der Waals surface area contributed by atoms with Crippen LogP contribution in [0.2, 0.25) is 0 Å². The predicted molar refractivity (Wildman–Crippen MR) is 175 cm³/mol.